The number of non-ortho nitro benzene ring substituents is 1. The van der Waals surface area contributed by atoms with Gasteiger partial charge in [0.1, 0.15) is 12.6 Å². The van der Waals surface area contributed by atoms with Gasteiger partial charge in [-0.3, -0.25) is 19.8 Å². The first-order chi connectivity index (χ1) is 12.5. The van der Waals surface area contributed by atoms with Crippen molar-refractivity contribution >= 4 is 41.5 Å². The number of rotatable bonds is 5. The van der Waals surface area contributed by atoms with Crippen LogP contribution in [0.3, 0.4) is 0 Å². The number of hydrogen-bond acceptors (Lipinski definition) is 8. The number of ketones is 1. The Kier molecular flexibility index (Phi) is 5.52. The molecule has 0 N–H and O–H groups in total. The highest BCUT2D eigenvalue weighted by Crippen LogP contribution is 2.26. The molecule has 136 valence electrons. The SMILES string of the molecule is O=C(c1nccs1)[C@@H]1C[C@H](S)CN1C(=O)OCc1ccc([N+](=O)[O-])cc1. The molecule has 0 radical (unpaired) electrons. The number of Topliss-reactive ketones (excluding diaryl/α,β-unsaturated/α-hetero) is 1. The average Bonchev–Trinajstić information content (AvgIpc) is 3.29. The molecule has 3 rings (SSSR count). The Balaban J connectivity index is 1.64. The number of likely N-dealkylation sites (tertiary alicyclic amines) is 1. The van der Waals surface area contributed by atoms with E-state index in [0.717, 1.165) is 0 Å². The lowest BCUT2D eigenvalue weighted by atomic mass is 10.1. The number of nitro benzene ring substituents is 1. The topological polar surface area (TPSA) is 103 Å². The van der Waals surface area contributed by atoms with Crippen LogP contribution < -0.4 is 0 Å². The maximum Gasteiger partial charge on any atom is 0.410 e. The third kappa shape index (κ3) is 4.02. The molecular weight excluding hydrogens is 378 g/mol. The first-order valence-electron chi connectivity index (χ1n) is 7.74. The van der Waals surface area contributed by atoms with Gasteiger partial charge in [0.05, 0.1) is 4.92 Å². The molecule has 10 heteroatoms. The number of hydrogen-bond donors (Lipinski definition) is 1. The van der Waals surface area contributed by atoms with Crippen LogP contribution in [-0.4, -0.2) is 44.5 Å². The van der Waals surface area contributed by atoms with Gasteiger partial charge in [0.15, 0.2) is 5.01 Å². The highest BCUT2D eigenvalue weighted by Gasteiger charge is 2.40. The lowest BCUT2D eigenvalue weighted by Crippen LogP contribution is -2.40. The third-order valence-corrected chi connectivity index (χ3v) is 5.13. The van der Waals surface area contributed by atoms with Gasteiger partial charge in [-0.2, -0.15) is 12.6 Å². The maximum atomic E-state index is 12.5. The Morgan fingerprint density at radius 1 is 1.38 bits per heavy atom. The summed E-state index contributed by atoms with van der Waals surface area (Å²) in [7, 11) is 0. The van der Waals surface area contributed by atoms with E-state index in [1.54, 1.807) is 11.6 Å². The van der Waals surface area contributed by atoms with Gasteiger partial charge < -0.3 is 4.74 Å². The highest BCUT2D eigenvalue weighted by atomic mass is 32.1. The summed E-state index contributed by atoms with van der Waals surface area (Å²) in [6, 6.07) is 5.09. The Hall–Kier alpha value is -2.46. The second-order valence-corrected chi connectivity index (χ2v) is 7.36. The molecular formula is C16H15N3O5S2. The van der Waals surface area contributed by atoms with E-state index in [0.29, 0.717) is 23.5 Å². The predicted molar refractivity (Wildman–Crippen MR) is 97.6 cm³/mol. The monoisotopic (exact) mass is 393 g/mol. The van der Waals surface area contributed by atoms with Crippen molar-refractivity contribution < 1.29 is 19.2 Å². The van der Waals surface area contributed by atoms with Gasteiger partial charge in [-0.1, -0.05) is 0 Å². The van der Waals surface area contributed by atoms with Crippen LogP contribution in [0.1, 0.15) is 21.8 Å². The van der Waals surface area contributed by atoms with Gasteiger partial charge in [0.2, 0.25) is 5.78 Å². The van der Waals surface area contributed by atoms with E-state index in [1.165, 1.54) is 40.5 Å². The standard InChI is InChI=1S/C16H15N3O5S2/c20-14(15-17-5-6-26-15)13-7-12(25)8-18(13)16(21)24-9-10-1-3-11(4-2-10)19(22)23/h1-6,12-13,25H,7-9H2/t12-,13-/m0/s1. The molecule has 2 atom stereocenters. The van der Waals surface area contributed by atoms with Crippen molar-refractivity contribution in [2.24, 2.45) is 0 Å². The number of ether oxygens (including phenoxy) is 1. The van der Waals surface area contributed by atoms with Crippen LogP contribution in [0.2, 0.25) is 0 Å². The zero-order chi connectivity index (χ0) is 18.7. The zero-order valence-electron chi connectivity index (χ0n) is 13.5. The van der Waals surface area contributed by atoms with E-state index < -0.39 is 17.1 Å². The van der Waals surface area contributed by atoms with Crippen molar-refractivity contribution in [3.63, 3.8) is 0 Å². The molecule has 2 heterocycles. The lowest BCUT2D eigenvalue weighted by Gasteiger charge is -2.22. The smallest absolute Gasteiger partial charge is 0.410 e. The van der Waals surface area contributed by atoms with Crippen LogP contribution in [0.5, 0.6) is 0 Å². The Labute approximate surface area is 158 Å². The summed E-state index contributed by atoms with van der Waals surface area (Å²) in [4.78, 5) is 40.5. The molecule has 1 aliphatic heterocycles. The highest BCUT2D eigenvalue weighted by molar-refractivity contribution is 7.81. The molecule has 1 fully saturated rings. The summed E-state index contributed by atoms with van der Waals surface area (Å²) in [5.41, 5.74) is 0.583. The van der Waals surface area contributed by atoms with Gasteiger partial charge in [0, 0.05) is 35.5 Å². The lowest BCUT2D eigenvalue weighted by molar-refractivity contribution is -0.384. The van der Waals surface area contributed by atoms with Crippen LogP contribution in [0, 0.1) is 10.1 Å². The molecule has 1 saturated heterocycles. The van der Waals surface area contributed by atoms with Crippen LogP contribution in [0.4, 0.5) is 10.5 Å². The van der Waals surface area contributed by atoms with Crippen molar-refractivity contribution in [1.29, 1.82) is 0 Å². The number of nitro groups is 1. The summed E-state index contributed by atoms with van der Waals surface area (Å²) >= 11 is 5.61. The minimum atomic E-state index is -0.645. The van der Waals surface area contributed by atoms with Gasteiger partial charge >= 0.3 is 6.09 Å². The van der Waals surface area contributed by atoms with E-state index in [9.17, 15) is 19.7 Å². The Morgan fingerprint density at radius 2 is 2.12 bits per heavy atom. The van der Waals surface area contributed by atoms with Gasteiger partial charge in [-0.25, -0.2) is 9.78 Å². The fourth-order valence-corrected chi connectivity index (χ4v) is 3.69. The van der Waals surface area contributed by atoms with Crippen LogP contribution in [0.15, 0.2) is 35.8 Å². The Morgan fingerprint density at radius 3 is 2.73 bits per heavy atom. The molecule has 0 aliphatic carbocycles. The van der Waals surface area contributed by atoms with E-state index in [1.807, 2.05) is 0 Å². The summed E-state index contributed by atoms with van der Waals surface area (Å²) in [6.07, 6.45) is 1.37. The molecule has 26 heavy (non-hydrogen) atoms. The number of thiol groups is 1. The molecule has 0 unspecified atom stereocenters. The normalized spacial score (nSPS) is 19.3. The molecule has 2 aromatic rings. The largest absolute Gasteiger partial charge is 0.445 e. The molecule has 0 bridgehead atoms. The van der Waals surface area contributed by atoms with Crippen molar-refractivity contribution in [2.45, 2.75) is 24.3 Å². The molecule has 0 saturated carbocycles. The fourth-order valence-electron chi connectivity index (χ4n) is 2.69. The van der Waals surface area contributed by atoms with Crippen LogP contribution >= 0.6 is 24.0 Å². The zero-order valence-corrected chi connectivity index (χ0v) is 15.2. The van der Waals surface area contributed by atoms with Crippen molar-refractivity contribution in [1.82, 2.24) is 9.88 Å². The summed E-state index contributed by atoms with van der Waals surface area (Å²) in [5, 5.41) is 12.6. The van der Waals surface area contributed by atoms with E-state index in [2.05, 4.69) is 17.6 Å². The predicted octanol–water partition coefficient (Wildman–Crippen LogP) is 2.94. The van der Waals surface area contributed by atoms with Crippen LogP contribution in [0.25, 0.3) is 0 Å². The number of amides is 1. The number of carbonyl (C=O) groups is 2. The first-order valence-corrected chi connectivity index (χ1v) is 9.14. The minimum absolute atomic E-state index is 0.0355. The van der Waals surface area contributed by atoms with Crippen molar-refractivity contribution in [3.8, 4) is 0 Å². The third-order valence-electron chi connectivity index (χ3n) is 3.97. The number of carbonyl (C=O) groups excluding carboxylic acids is 2. The van der Waals surface area contributed by atoms with Crippen molar-refractivity contribution in [2.75, 3.05) is 6.54 Å². The van der Waals surface area contributed by atoms with Crippen LogP contribution in [-0.2, 0) is 11.3 Å². The maximum absolute atomic E-state index is 12.5. The number of aromatic nitrogens is 1. The molecule has 1 aromatic carbocycles. The quantitative estimate of drug-likeness (QED) is 0.363. The molecule has 0 spiro atoms. The van der Waals surface area contributed by atoms with Gasteiger partial charge in [-0.05, 0) is 24.1 Å². The van der Waals surface area contributed by atoms with E-state index in [-0.39, 0.29) is 23.3 Å². The van der Waals surface area contributed by atoms with Gasteiger partial charge in [0.25, 0.3) is 5.69 Å². The number of nitrogens with zero attached hydrogens (tertiary/aromatic N) is 3. The fraction of sp³-hybridized carbons (Fsp3) is 0.312. The first kappa shape index (κ1) is 18.3. The molecule has 1 aromatic heterocycles. The summed E-state index contributed by atoms with van der Waals surface area (Å²) in [5.74, 6) is -0.219. The van der Waals surface area contributed by atoms with Crippen molar-refractivity contribution in [3.05, 3.63) is 56.5 Å². The minimum Gasteiger partial charge on any atom is -0.445 e. The summed E-state index contributed by atoms with van der Waals surface area (Å²) < 4.78 is 5.27. The average molecular weight is 393 g/mol. The summed E-state index contributed by atoms with van der Waals surface area (Å²) in [6.45, 7) is 0.271. The Bertz CT molecular complexity index is 810. The molecule has 1 aliphatic rings. The molecule has 8 nitrogen and oxygen atoms in total. The second-order valence-electron chi connectivity index (χ2n) is 5.74. The number of thiazole rings is 1. The van der Waals surface area contributed by atoms with E-state index in [4.69, 9.17) is 4.74 Å². The second kappa shape index (κ2) is 7.83. The molecule has 1 amide bonds. The number of benzene rings is 1. The van der Waals surface area contributed by atoms with E-state index >= 15 is 0 Å². The van der Waals surface area contributed by atoms with Gasteiger partial charge in [-0.15, -0.1) is 11.3 Å².